The van der Waals surface area contributed by atoms with Gasteiger partial charge >= 0.3 is 0 Å². The van der Waals surface area contributed by atoms with E-state index in [1.165, 1.54) is 0 Å². The molecule has 0 fully saturated rings. The van der Waals surface area contributed by atoms with Crippen LogP contribution in [-0.2, 0) is 6.42 Å². The number of fused-ring (bicyclic) bond motifs is 1. The van der Waals surface area contributed by atoms with E-state index >= 15 is 0 Å². The molecule has 4 nitrogen and oxygen atoms in total. The number of carbonyl (C=O) groups excluding carboxylic acids is 1. The number of nitrogens with one attached hydrogen (secondary N) is 1. The van der Waals surface area contributed by atoms with Crippen LogP contribution in [0.25, 0.3) is 10.9 Å². The molecule has 0 saturated heterocycles. The minimum Gasteiger partial charge on any atom is -0.395 e. The van der Waals surface area contributed by atoms with Crippen molar-refractivity contribution in [2.45, 2.75) is 12.8 Å². The molecule has 0 aliphatic rings. The number of aromatic amines is 1. The van der Waals surface area contributed by atoms with Crippen LogP contribution in [0.1, 0.15) is 39.0 Å². The zero-order chi connectivity index (χ0) is 22.5. The Bertz CT molecular complexity index is 1410. The van der Waals surface area contributed by atoms with E-state index in [2.05, 4.69) is 16.8 Å². The zero-order valence-electron chi connectivity index (χ0n) is 17.2. The Hall–Kier alpha value is -3.65. The predicted molar refractivity (Wildman–Crippen MR) is 127 cm³/mol. The molecule has 32 heavy (non-hydrogen) atoms. The second-order valence-electron chi connectivity index (χ2n) is 7.41. The summed E-state index contributed by atoms with van der Waals surface area (Å²) in [4.78, 5) is 28.0. The molecular weight excluding hydrogens is 422 g/mol. The number of aliphatic hydroxyl groups excluding tert-OH is 1. The first-order chi connectivity index (χ1) is 15.5. The fourth-order valence-electron chi connectivity index (χ4n) is 3.58. The van der Waals surface area contributed by atoms with Crippen LogP contribution in [0.15, 0.2) is 77.6 Å². The fourth-order valence-corrected chi connectivity index (χ4v) is 3.70. The van der Waals surface area contributed by atoms with Gasteiger partial charge in [0.15, 0.2) is 5.78 Å². The van der Waals surface area contributed by atoms with Gasteiger partial charge in [0.1, 0.15) is 0 Å². The van der Waals surface area contributed by atoms with E-state index in [1.807, 2.05) is 30.3 Å². The van der Waals surface area contributed by atoms with Gasteiger partial charge < -0.3 is 10.1 Å². The van der Waals surface area contributed by atoms with Gasteiger partial charge in [-0.05, 0) is 72.1 Å². The summed E-state index contributed by atoms with van der Waals surface area (Å²) >= 11 is 5.94. The first-order valence-electron chi connectivity index (χ1n) is 10.2. The quantitative estimate of drug-likeness (QED) is 0.347. The average molecular weight is 442 g/mol. The van der Waals surface area contributed by atoms with E-state index in [-0.39, 0.29) is 17.9 Å². The van der Waals surface area contributed by atoms with Crippen LogP contribution in [0.2, 0.25) is 5.02 Å². The van der Waals surface area contributed by atoms with Crippen LogP contribution in [0.3, 0.4) is 0 Å². The lowest BCUT2D eigenvalue weighted by molar-refractivity contribution is 0.103. The van der Waals surface area contributed by atoms with Crippen LogP contribution in [0, 0.1) is 11.8 Å². The molecule has 0 radical (unpaired) electrons. The topological polar surface area (TPSA) is 70.2 Å². The van der Waals surface area contributed by atoms with Gasteiger partial charge in [-0.2, -0.15) is 0 Å². The average Bonchev–Trinajstić information content (AvgIpc) is 2.79. The number of halogens is 1. The number of benzene rings is 3. The highest BCUT2D eigenvalue weighted by atomic mass is 35.5. The molecule has 1 aromatic heterocycles. The molecule has 0 saturated carbocycles. The Kier molecular flexibility index (Phi) is 6.51. The molecule has 4 rings (SSSR count). The van der Waals surface area contributed by atoms with Crippen molar-refractivity contribution in [3.05, 3.63) is 116 Å². The summed E-state index contributed by atoms with van der Waals surface area (Å²) in [5.74, 6) is 5.84. The maximum atomic E-state index is 13.0. The smallest absolute Gasteiger partial charge is 0.248 e. The standard InChI is InChI=1S/C27H20ClNO3/c28-23-10-7-20(8-11-23)27(32)21-9-12-25-24(16-21)22(17-26(31)29-25)15-19-6-3-5-18(14-19)4-1-2-13-30/h3,5-12,14,16-17,30H,2,13,15H2,(H,29,31). The maximum Gasteiger partial charge on any atom is 0.248 e. The van der Waals surface area contributed by atoms with E-state index in [0.717, 1.165) is 22.1 Å². The molecule has 158 valence electrons. The van der Waals surface area contributed by atoms with Crippen molar-refractivity contribution in [2.24, 2.45) is 0 Å². The highest BCUT2D eigenvalue weighted by molar-refractivity contribution is 6.30. The Morgan fingerprint density at radius 3 is 2.53 bits per heavy atom. The van der Waals surface area contributed by atoms with Gasteiger partial charge in [0.2, 0.25) is 5.56 Å². The first-order valence-corrected chi connectivity index (χ1v) is 10.6. The van der Waals surface area contributed by atoms with Gasteiger partial charge in [0.05, 0.1) is 6.61 Å². The molecule has 5 heteroatoms. The number of H-pyrrole nitrogens is 1. The molecule has 0 spiro atoms. The van der Waals surface area contributed by atoms with E-state index in [0.29, 0.717) is 34.5 Å². The number of hydrogen-bond donors (Lipinski definition) is 2. The van der Waals surface area contributed by atoms with Crippen LogP contribution < -0.4 is 5.56 Å². The number of carbonyl (C=O) groups is 1. The van der Waals surface area contributed by atoms with E-state index in [1.54, 1.807) is 42.5 Å². The summed E-state index contributed by atoms with van der Waals surface area (Å²) in [6, 6.07) is 21.4. The van der Waals surface area contributed by atoms with Crippen molar-refractivity contribution in [1.82, 2.24) is 4.98 Å². The largest absolute Gasteiger partial charge is 0.395 e. The van der Waals surface area contributed by atoms with Gasteiger partial charge in [-0.3, -0.25) is 9.59 Å². The number of aromatic nitrogens is 1. The molecule has 1 heterocycles. The third kappa shape index (κ3) is 4.97. The highest BCUT2D eigenvalue weighted by Gasteiger charge is 2.12. The SMILES string of the molecule is O=C(c1ccc(Cl)cc1)c1ccc2[nH]c(=O)cc(Cc3cccc(C#CCCO)c3)c2c1. The molecule has 3 aromatic carbocycles. The number of aliphatic hydroxyl groups is 1. The molecule has 0 amide bonds. The van der Waals surface area contributed by atoms with Crippen molar-refractivity contribution in [1.29, 1.82) is 0 Å². The lowest BCUT2D eigenvalue weighted by Gasteiger charge is -2.09. The van der Waals surface area contributed by atoms with Crippen LogP contribution in [-0.4, -0.2) is 22.5 Å². The van der Waals surface area contributed by atoms with Crippen molar-refractivity contribution in [3.63, 3.8) is 0 Å². The zero-order valence-corrected chi connectivity index (χ0v) is 17.9. The van der Waals surface area contributed by atoms with Crippen molar-refractivity contribution >= 4 is 28.3 Å². The Labute approximate surface area is 190 Å². The summed E-state index contributed by atoms with van der Waals surface area (Å²) in [5.41, 5.74) is 4.26. The van der Waals surface area contributed by atoms with Crippen molar-refractivity contribution in [2.75, 3.05) is 6.61 Å². The van der Waals surface area contributed by atoms with Gasteiger partial charge in [-0.15, -0.1) is 0 Å². The monoisotopic (exact) mass is 441 g/mol. The second kappa shape index (κ2) is 9.65. The Morgan fingerprint density at radius 1 is 0.969 bits per heavy atom. The highest BCUT2D eigenvalue weighted by Crippen LogP contribution is 2.22. The molecule has 0 aliphatic carbocycles. The van der Waals surface area contributed by atoms with Gasteiger partial charge in [-0.25, -0.2) is 0 Å². The molecule has 0 aliphatic heterocycles. The minimum atomic E-state index is -0.192. The molecule has 0 bridgehead atoms. The lowest BCUT2D eigenvalue weighted by Crippen LogP contribution is -2.08. The molecule has 2 N–H and O–H groups in total. The van der Waals surface area contributed by atoms with Gasteiger partial charge in [-0.1, -0.05) is 35.6 Å². The molecule has 0 atom stereocenters. The molecule has 0 unspecified atom stereocenters. The van der Waals surface area contributed by atoms with Crippen LogP contribution >= 0.6 is 11.6 Å². The summed E-state index contributed by atoms with van der Waals surface area (Å²) in [6.45, 7) is 0.0303. The summed E-state index contributed by atoms with van der Waals surface area (Å²) in [7, 11) is 0. The van der Waals surface area contributed by atoms with Crippen LogP contribution in [0.4, 0.5) is 0 Å². The third-order valence-corrected chi connectivity index (χ3v) is 5.34. The Morgan fingerprint density at radius 2 is 1.75 bits per heavy atom. The maximum absolute atomic E-state index is 13.0. The normalized spacial score (nSPS) is 10.6. The first kappa shape index (κ1) is 21.6. The minimum absolute atomic E-state index is 0.0303. The second-order valence-corrected chi connectivity index (χ2v) is 7.84. The lowest BCUT2D eigenvalue weighted by atomic mass is 9.96. The Balaban J connectivity index is 1.72. The van der Waals surface area contributed by atoms with Gasteiger partial charge in [0, 0.05) is 45.1 Å². The number of pyridine rings is 1. The summed E-state index contributed by atoms with van der Waals surface area (Å²) in [6.07, 6.45) is 0.946. The summed E-state index contributed by atoms with van der Waals surface area (Å²) in [5, 5.41) is 10.3. The van der Waals surface area contributed by atoms with Gasteiger partial charge in [0.25, 0.3) is 0 Å². The number of rotatable bonds is 5. The predicted octanol–water partition coefficient (Wildman–Crippen LogP) is 4.74. The molecule has 4 aromatic rings. The van der Waals surface area contributed by atoms with Crippen molar-refractivity contribution < 1.29 is 9.90 Å². The molecular formula is C27H20ClNO3. The van der Waals surface area contributed by atoms with Crippen LogP contribution in [0.5, 0.6) is 0 Å². The summed E-state index contributed by atoms with van der Waals surface area (Å²) < 4.78 is 0. The fraction of sp³-hybridized carbons (Fsp3) is 0.111. The van der Waals surface area contributed by atoms with E-state index in [4.69, 9.17) is 16.7 Å². The number of ketones is 1. The van der Waals surface area contributed by atoms with E-state index in [9.17, 15) is 9.59 Å². The third-order valence-electron chi connectivity index (χ3n) is 5.09. The van der Waals surface area contributed by atoms with E-state index < -0.39 is 0 Å². The van der Waals surface area contributed by atoms with Crippen molar-refractivity contribution in [3.8, 4) is 11.8 Å². The number of hydrogen-bond acceptors (Lipinski definition) is 3.